The first-order valence-corrected chi connectivity index (χ1v) is 4.47. The zero-order chi connectivity index (χ0) is 9.68. The SMILES string of the molecule is CCCCOc1cc(C)oc(=O)c1. The van der Waals surface area contributed by atoms with Crippen LogP contribution in [-0.2, 0) is 0 Å². The monoisotopic (exact) mass is 182 g/mol. The summed E-state index contributed by atoms with van der Waals surface area (Å²) < 4.78 is 10.1. The molecule has 0 atom stereocenters. The van der Waals surface area contributed by atoms with Crippen molar-refractivity contribution in [2.75, 3.05) is 6.61 Å². The summed E-state index contributed by atoms with van der Waals surface area (Å²) in [5.41, 5.74) is -0.355. The quantitative estimate of drug-likeness (QED) is 0.669. The summed E-state index contributed by atoms with van der Waals surface area (Å²) in [5.74, 6) is 1.18. The van der Waals surface area contributed by atoms with Gasteiger partial charge in [0.15, 0.2) is 0 Å². The van der Waals surface area contributed by atoms with Gasteiger partial charge in [-0.05, 0) is 13.3 Å². The Morgan fingerprint density at radius 1 is 1.46 bits per heavy atom. The molecule has 3 nitrogen and oxygen atoms in total. The van der Waals surface area contributed by atoms with Crippen LogP contribution in [0, 0.1) is 6.92 Å². The van der Waals surface area contributed by atoms with Crippen LogP contribution >= 0.6 is 0 Å². The van der Waals surface area contributed by atoms with Gasteiger partial charge in [-0.25, -0.2) is 4.79 Å². The average molecular weight is 182 g/mol. The zero-order valence-electron chi connectivity index (χ0n) is 8.00. The number of rotatable bonds is 4. The first kappa shape index (κ1) is 9.84. The van der Waals surface area contributed by atoms with Gasteiger partial charge in [0, 0.05) is 6.07 Å². The summed E-state index contributed by atoms with van der Waals surface area (Å²) in [7, 11) is 0. The molecule has 0 amide bonds. The van der Waals surface area contributed by atoms with E-state index in [4.69, 9.17) is 9.15 Å². The normalized spacial score (nSPS) is 10.0. The maximum Gasteiger partial charge on any atom is 0.339 e. The number of ether oxygens (including phenoxy) is 1. The Balaban J connectivity index is 2.61. The predicted octanol–water partition coefficient (Wildman–Crippen LogP) is 2.13. The van der Waals surface area contributed by atoms with E-state index in [1.807, 2.05) is 0 Å². The highest BCUT2D eigenvalue weighted by molar-refractivity contribution is 5.19. The lowest BCUT2D eigenvalue weighted by molar-refractivity contribution is 0.303. The Kier molecular flexibility index (Phi) is 3.55. The van der Waals surface area contributed by atoms with E-state index in [2.05, 4.69) is 6.92 Å². The first-order valence-electron chi connectivity index (χ1n) is 4.47. The van der Waals surface area contributed by atoms with E-state index in [1.165, 1.54) is 6.07 Å². The molecule has 0 spiro atoms. The molecule has 0 radical (unpaired) electrons. The Morgan fingerprint density at radius 3 is 2.85 bits per heavy atom. The van der Waals surface area contributed by atoms with Crippen molar-refractivity contribution in [3.8, 4) is 5.75 Å². The van der Waals surface area contributed by atoms with E-state index in [9.17, 15) is 4.79 Å². The standard InChI is InChI=1S/C10H14O3/c1-3-4-5-12-9-6-8(2)13-10(11)7-9/h6-7H,3-5H2,1-2H3. The van der Waals surface area contributed by atoms with Gasteiger partial charge in [0.25, 0.3) is 0 Å². The molecule has 0 N–H and O–H groups in total. The zero-order valence-corrected chi connectivity index (χ0v) is 8.00. The van der Waals surface area contributed by atoms with Gasteiger partial charge in [0.2, 0.25) is 0 Å². The van der Waals surface area contributed by atoms with Crippen molar-refractivity contribution in [1.29, 1.82) is 0 Å². The minimum atomic E-state index is -0.355. The topological polar surface area (TPSA) is 39.4 Å². The van der Waals surface area contributed by atoms with Crippen LogP contribution in [0.2, 0.25) is 0 Å². The minimum Gasteiger partial charge on any atom is -0.493 e. The van der Waals surface area contributed by atoms with E-state index in [0.717, 1.165) is 12.8 Å². The number of hydrogen-bond donors (Lipinski definition) is 0. The molecule has 0 aliphatic heterocycles. The van der Waals surface area contributed by atoms with Crippen molar-refractivity contribution in [2.45, 2.75) is 26.7 Å². The smallest absolute Gasteiger partial charge is 0.339 e. The van der Waals surface area contributed by atoms with E-state index in [0.29, 0.717) is 18.1 Å². The van der Waals surface area contributed by atoms with Gasteiger partial charge in [-0.3, -0.25) is 0 Å². The minimum absolute atomic E-state index is 0.355. The van der Waals surface area contributed by atoms with Crippen molar-refractivity contribution in [1.82, 2.24) is 0 Å². The molecule has 3 heteroatoms. The van der Waals surface area contributed by atoms with Gasteiger partial charge in [0.05, 0.1) is 12.7 Å². The third-order valence-corrected chi connectivity index (χ3v) is 1.63. The molecule has 0 aromatic carbocycles. The van der Waals surface area contributed by atoms with Crippen molar-refractivity contribution >= 4 is 0 Å². The maximum absolute atomic E-state index is 10.9. The van der Waals surface area contributed by atoms with Gasteiger partial charge in [-0.15, -0.1) is 0 Å². The fourth-order valence-electron chi connectivity index (χ4n) is 0.993. The van der Waals surface area contributed by atoms with Crippen molar-refractivity contribution in [2.24, 2.45) is 0 Å². The van der Waals surface area contributed by atoms with Crippen molar-refractivity contribution < 1.29 is 9.15 Å². The number of aryl methyl sites for hydroxylation is 1. The van der Waals surface area contributed by atoms with Gasteiger partial charge >= 0.3 is 5.63 Å². The van der Waals surface area contributed by atoms with Crippen LogP contribution in [0.25, 0.3) is 0 Å². The lowest BCUT2D eigenvalue weighted by atomic mass is 10.3. The Morgan fingerprint density at radius 2 is 2.23 bits per heavy atom. The summed E-state index contributed by atoms with van der Waals surface area (Å²) in [5, 5.41) is 0. The van der Waals surface area contributed by atoms with Crippen LogP contribution in [-0.4, -0.2) is 6.61 Å². The van der Waals surface area contributed by atoms with E-state index in [1.54, 1.807) is 13.0 Å². The third kappa shape index (κ3) is 3.32. The second-order valence-electron chi connectivity index (χ2n) is 2.92. The summed E-state index contributed by atoms with van der Waals surface area (Å²) in [6, 6.07) is 3.08. The molecule has 0 saturated heterocycles. The highest BCUT2D eigenvalue weighted by Crippen LogP contribution is 2.09. The largest absolute Gasteiger partial charge is 0.493 e. The lowest BCUT2D eigenvalue weighted by Crippen LogP contribution is -2.02. The average Bonchev–Trinajstić information content (AvgIpc) is 2.03. The molecule has 13 heavy (non-hydrogen) atoms. The van der Waals surface area contributed by atoms with Gasteiger partial charge in [-0.2, -0.15) is 0 Å². The lowest BCUT2D eigenvalue weighted by Gasteiger charge is -2.03. The molecule has 1 aromatic heterocycles. The second kappa shape index (κ2) is 4.70. The third-order valence-electron chi connectivity index (χ3n) is 1.63. The molecule has 0 aliphatic rings. The summed E-state index contributed by atoms with van der Waals surface area (Å²) >= 11 is 0. The summed E-state index contributed by atoms with van der Waals surface area (Å²) in [6.07, 6.45) is 2.08. The molecule has 1 rings (SSSR count). The van der Waals surface area contributed by atoms with Gasteiger partial charge in [0.1, 0.15) is 11.5 Å². The molecule has 1 aromatic rings. The van der Waals surface area contributed by atoms with E-state index in [-0.39, 0.29) is 5.63 Å². The molecule has 72 valence electrons. The molecule has 0 unspecified atom stereocenters. The van der Waals surface area contributed by atoms with E-state index < -0.39 is 0 Å². The number of unbranched alkanes of at least 4 members (excludes halogenated alkanes) is 1. The predicted molar refractivity (Wildman–Crippen MR) is 50.1 cm³/mol. The summed E-state index contributed by atoms with van der Waals surface area (Å²) in [4.78, 5) is 10.9. The fourth-order valence-corrected chi connectivity index (χ4v) is 0.993. The molecular formula is C10H14O3. The van der Waals surface area contributed by atoms with Crippen LogP contribution in [0.4, 0.5) is 0 Å². The Hall–Kier alpha value is -1.25. The first-order chi connectivity index (χ1) is 6.22. The molecule has 0 saturated carbocycles. The highest BCUT2D eigenvalue weighted by atomic mass is 16.5. The molecule has 1 heterocycles. The maximum atomic E-state index is 10.9. The van der Waals surface area contributed by atoms with Crippen LogP contribution in [0.15, 0.2) is 21.3 Å². The highest BCUT2D eigenvalue weighted by Gasteiger charge is 1.97. The van der Waals surface area contributed by atoms with Gasteiger partial charge in [-0.1, -0.05) is 13.3 Å². The molecule has 0 fully saturated rings. The van der Waals surface area contributed by atoms with Gasteiger partial charge < -0.3 is 9.15 Å². The van der Waals surface area contributed by atoms with Crippen LogP contribution < -0.4 is 10.4 Å². The fraction of sp³-hybridized carbons (Fsp3) is 0.500. The van der Waals surface area contributed by atoms with Crippen LogP contribution in [0.1, 0.15) is 25.5 Å². The van der Waals surface area contributed by atoms with E-state index >= 15 is 0 Å². The Bertz CT molecular complexity index is 314. The van der Waals surface area contributed by atoms with Crippen molar-refractivity contribution in [3.63, 3.8) is 0 Å². The molecule has 0 aliphatic carbocycles. The van der Waals surface area contributed by atoms with Crippen LogP contribution in [0.3, 0.4) is 0 Å². The summed E-state index contributed by atoms with van der Waals surface area (Å²) in [6.45, 7) is 4.47. The second-order valence-corrected chi connectivity index (χ2v) is 2.92. The van der Waals surface area contributed by atoms with Crippen molar-refractivity contribution in [3.05, 3.63) is 28.3 Å². The Labute approximate surface area is 77.3 Å². The molecule has 0 bridgehead atoms. The molecular weight excluding hydrogens is 168 g/mol. The van der Waals surface area contributed by atoms with Crippen LogP contribution in [0.5, 0.6) is 5.75 Å². The number of hydrogen-bond acceptors (Lipinski definition) is 3.